The smallest absolute Gasteiger partial charge is 0.374 e. The number of nitrogens with one attached hydrogen (secondary N) is 3. The standard InChI is InChI=1S/C25H23F3N4O3S/c26-25(27,28)16-9-7-14(8-10-16)17-3-1-2-4-18(17)21(33)30-13-24(22(34)31-23(35)32-24)20-19(15-5-6-15)36-12-11-29-20/h1-4,7-11,15,21,30,33H,5-6,12-13H2,(H2,31,32,34,35). The van der Waals surface area contributed by atoms with Gasteiger partial charge in [0.15, 0.2) is 5.54 Å². The first-order chi connectivity index (χ1) is 17.2. The van der Waals surface area contributed by atoms with Crippen molar-refractivity contribution in [3.63, 3.8) is 0 Å². The second-order valence-corrected chi connectivity index (χ2v) is 9.93. The van der Waals surface area contributed by atoms with Crippen LogP contribution in [0.15, 0.2) is 64.1 Å². The van der Waals surface area contributed by atoms with Crippen molar-refractivity contribution in [2.24, 2.45) is 10.9 Å². The summed E-state index contributed by atoms with van der Waals surface area (Å²) in [6.07, 6.45) is -2.06. The Morgan fingerprint density at radius 3 is 2.50 bits per heavy atom. The molecule has 0 aromatic heterocycles. The third-order valence-corrected chi connectivity index (χ3v) is 7.55. The molecule has 3 aliphatic rings. The van der Waals surface area contributed by atoms with Gasteiger partial charge in [0.1, 0.15) is 6.23 Å². The molecule has 1 saturated heterocycles. The highest BCUT2D eigenvalue weighted by Crippen LogP contribution is 2.47. The van der Waals surface area contributed by atoms with Crippen LogP contribution in [0.4, 0.5) is 18.0 Å². The van der Waals surface area contributed by atoms with E-state index in [-0.39, 0.29) is 6.54 Å². The lowest BCUT2D eigenvalue weighted by molar-refractivity contribution is -0.137. The number of aliphatic imine (C=N–C) groups is 1. The van der Waals surface area contributed by atoms with Crippen molar-refractivity contribution in [1.82, 2.24) is 16.0 Å². The highest BCUT2D eigenvalue weighted by Gasteiger charge is 2.52. The van der Waals surface area contributed by atoms with Crippen LogP contribution in [0.2, 0.25) is 0 Å². The van der Waals surface area contributed by atoms with Crippen molar-refractivity contribution < 1.29 is 27.9 Å². The Labute approximate surface area is 209 Å². The van der Waals surface area contributed by atoms with Crippen molar-refractivity contribution in [3.8, 4) is 11.1 Å². The predicted octanol–water partition coefficient (Wildman–Crippen LogP) is 3.97. The van der Waals surface area contributed by atoms with Gasteiger partial charge in [-0.05, 0) is 42.0 Å². The van der Waals surface area contributed by atoms with E-state index in [1.165, 1.54) is 12.1 Å². The van der Waals surface area contributed by atoms with Gasteiger partial charge in [0, 0.05) is 29.0 Å². The van der Waals surface area contributed by atoms with E-state index in [4.69, 9.17) is 0 Å². The number of benzene rings is 2. The van der Waals surface area contributed by atoms with E-state index in [1.807, 2.05) is 0 Å². The van der Waals surface area contributed by atoms with Crippen LogP contribution in [-0.4, -0.2) is 41.1 Å². The summed E-state index contributed by atoms with van der Waals surface area (Å²) < 4.78 is 38.9. The monoisotopic (exact) mass is 516 g/mol. The molecule has 4 N–H and O–H groups in total. The molecule has 188 valence electrons. The van der Waals surface area contributed by atoms with Crippen molar-refractivity contribution in [2.75, 3.05) is 12.3 Å². The van der Waals surface area contributed by atoms with Gasteiger partial charge < -0.3 is 10.4 Å². The maximum absolute atomic E-state index is 13.0. The molecule has 2 aromatic rings. The van der Waals surface area contributed by atoms with Crippen LogP contribution in [0.5, 0.6) is 0 Å². The van der Waals surface area contributed by atoms with Gasteiger partial charge in [-0.1, -0.05) is 36.4 Å². The summed E-state index contributed by atoms with van der Waals surface area (Å²) in [6.45, 7) is -0.142. The lowest BCUT2D eigenvalue weighted by Gasteiger charge is -2.31. The molecule has 5 rings (SSSR count). The molecule has 7 nitrogen and oxygen atoms in total. The Morgan fingerprint density at radius 2 is 1.86 bits per heavy atom. The lowest BCUT2D eigenvalue weighted by Crippen LogP contribution is -2.56. The first kappa shape index (κ1) is 24.5. The number of nitrogens with zero attached hydrogens (tertiary/aromatic N) is 1. The summed E-state index contributed by atoms with van der Waals surface area (Å²) in [5.41, 5.74) is -0.353. The van der Waals surface area contributed by atoms with Crippen molar-refractivity contribution in [3.05, 3.63) is 70.3 Å². The molecule has 1 aliphatic carbocycles. The van der Waals surface area contributed by atoms with Gasteiger partial charge in [-0.25, -0.2) is 4.79 Å². The van der Waals surface area contributed by atoms with E-state index in [2.05, 4.69) is 20.9 Å². The number of imide groups is 1. The second-order valence-electron chi connectivity index (χ2n) is 8.87. The number of aliphatic hydroxyl groups is 1. The zero-order chi connectivity index (χ0) is 25.5. The molecule has 0 bridgehead atoms. The molecule has 2 unspecified atom stereocenters. The van der Waals surface area contributed by atoms with Crippen molar-refractivity contribution >= 4 is 29.9 Å². The van der Waals surface area contributed by atoms with Gasteiger partial charge in [0.25, 0.3) is 5.91 Å². The van der Waals surface area contributed by atoms with E-state index in [1.54, 1.807) is 42.2 Å². The van der Waals surface area contributed by atoms with Gasteiger partial charge >= 0.3 is 12.2 Å². The number of aliphatic hydroxyl groups excluding tert-OH is 1. The number of amides is 3. The summed E-state index contributed by atoms with van der Waals surface area (Å²) in [6, 6.07) is 10.8. The number of carbonyl (C=O) groups is 2. The summed E-state index contributed by atoms with van der Waals surface area (Å²) in [4.78, 5) is 30.6. The number of carbonyl (C=O) groups excluding carboxylic acids is 2. The van der Waals surface area contributed by atoms with E-state index in [0.29, 0.717) is 34.1 Å². The third-order valence-electron chi connectivity index (χ3n) is 6.40. The first-order valence-electron chi connectivity index (χ1n) is 11.4. The molecular weight excluding hydrogens is 493 g/mol. The third kappa shape index (κ3) is 4.65. The molecule has 0 radical (unpaired) electrons. The molecule has 11 heteroatoms. The highest BCUT2D eigenvalue weighted by molar-refractivity contribution is 8.03. The van der Waals surface area contributed by atoms with E-state index in [0.717, 1.165) is 29.9 Å². The summed E-state index contributed by atoms with van der Waals surface area (Å²) in [7, 11) is 0. The minimum atomic E-state index is -4.45. The number of rotatable bonds is 7. The Kier molecular flexibility index (Phi) is 6.39. The number of halogens is 3. The van der Waals surface area contributed by atoms with E-state index in [9.17, 15) is 27.9 Å². The molecule has 2 aromatic carbocycles. The normalized spacial score (nSPS) is 23.0. The fourth-order valence-corrected chi connectivity index (χ4v) is 5.59. The van der Waals surface area contributed by atoms with Crippen LogP contribution in [0.25, 0.3) is 11.1 Å². The van der Waals surface area contributed by atoms with Gasteiger partial charge in [-0.2, -0.15) is 13.2 Å². The zero-order valence-electron chi connectivity index (χ0n) is 18.9. The number of allylic oxidation sites excluding steroid dienone is 1. The maximum atomic E-state index is 13.0. The fraction of sp³-hybridized carbons (Fsp3) is 0.320. The SMILES string of the molecule is O=C1NC(=O)C(CNC(O)c2ccccc2-c2ccc(C(F)(F)F)cc2)(C2=C(C3CC3)SCC=N2)N1. The summed E-state index contributed by atoms with van der Waals surface area (Å²) in [5, 5.41) is 19.0. The first-order valence-corrected chi connectivity index (χ1v) is 12.4. The molecular formula is C25H23F3N4O3S. The minimum Gasteiger partial charge on any atom is -0.374 e. The average molecular weight is 517 g/mol. The molecule has 2 atom stereocenters. The Balaban J connectivity index is 1.43. The number of hydrogen-bond acceptors (Lipinski definition) is 6. The van der Waals surface area contributed by atoms with Crippen LogP contribution in [0.1, 0.15) is 30.2 Å². The van der Waals surface area contributed by atoms with Crippen LogP contribution >= 0.6 is 11.8 Å². The van der Waals surface area contributed by atoms with Crippen LogP contribution in [-0.2, 0) is 11.0 Å². The molecule has 36 heavy (non-hydrogen) atoms. The summed E-state index contributed by atoms with van der Waals surface area (Å²) in [5.74, 6) is 0.420. The Hall–Kier alpha value is -3.15. The highest BCUT2D eigenvalue weighted by atomic mass is 32.2. The van der Waals surface area contributed by atoms with Gasteiger partial charge in [0.05, 0.1) is 11.3 Å². The molecule has 2 heterocycles. The lowest BCUT2D eigenvalue weighted by atomic mass is 9.92. The number of alkyl halides is 3. The van der Waals surface area contributed by atoms with Gasteiger partial charge in [-0.3, -0.25) is 20.4 Å². The number of urea groups is 1. The number of thioether (sulfide) groups is 1. The molecule has 3 amide bonds. The second kappa shape index (κ2) is 9.38. The molecule has 2 fully saturated rings. The van der Waals surface area contributed by atoms with E-state index >= 15 is 0 Å². The predicted molar refractivity (Wildman–Crippen MR) is 130 cm³/mol. The molecule has 1 saturated carbocycles. The topological polar surface area (TPSA) is 103 Å². The number of hydrogen-bond donors (Lipinski definition) is 4. The zero-order valence-corrected chi connectivity index (χ0v) is 19.7. The maximum Gasteiger partial charge on any atom is 0.416 e. The van der Waals surface area contributed by atoms with Crippen molar-refractivity contribution in [1.29, 1.82) is 0 Å². The summed E-state index contributed by atoms with van der Waals surface area (Å²) >= 11 is 1.59. The van der Waals surface area contributed by atoms with E-state index < -0.39 is 35.4 Å². The van der Waals surface area contributed by atoms with Crippen LogP contribution in [0.3, 0.4) is 0 Å². The molecule has 0 spiro atoms. The minimum absolute atomic E-state index is 0.142. The van der Waals surface area contributed by atoms with Crippen LogP contribution < -0.4 is 16.0 Å². The van der Waals surface area contributed by atoms with Crippen LogP contribution in [0, 0.1) is 5.92 Å². The fourth-order valence-electron chi connectivity index (χ4n) is 4.43. The largest absolute Gasteiger partial charge is 0.416 e. The Morgan fingerprint density at radius 1 is 1.14 bits per heavy atom. The average Bonchev–Trinajstić information content (AvgIpc) is 3.67. The quantitative estimate of drug-likeness (QED) is 0.330. The van der Waals surface area contributed by atoms with Crippen molar-refractivity contribution in [2.45, 2.75) is 30.8 Å². The Bertz CT molecular complexity index is 1260. The van der Waals surface area contributed by atoms with Gasteiger partial charge in [-0.15, -0.1) is 11.8 Å². The van der Waals surface area contributed by atoms with Gasteiger partial charge in [0.2, 0.25) is 0 Å². The molecule has 2 aliphatic heterocycles.